The van der Waals surface area contributed by atoms with Crippen LogP contribution >= 0.6 is 15.9 Å². The zero-order valence-electron chi connectivity index (χ0n) is 11.4. The Kier molecular flexibility index (Phi) is 4.16. The van der Waals surface area contributed by atoms with Crippen molar-refractivity contribution >= 4 is 38.3 Å². The van der Waals surface area contributed by atoms with Crippen molar-refractivity contribution in [1.82, 2.24) is 10.2 Å². The summed E-state index contributed by atoms with van der Waals surface area (Å²) in [6, 6.07) is 2.72. The van der Waals surface area contributed by atoms with Crippen LogP contribution in [0.3, 0.4) is 0 Å². The lowest BCUT2D eigenvalue weighted by Crippen LogP contribution is -2.28. The lowest BCUT2D eigenvalue weighted by atomic mass is 10.1. The third-order valence-corrected chi connectivity index (χ3v) is 4.13. The Morgan fingerprint density at radius 3 is 2.77 bits per heavy atom. The average Bonchev–Trinajstić information content (AvgIpc) is 2.50. The molecule has 0 saturated carbocycles. The summed E-state index contributed by atoms with van der Waals surface area (Å²) in [5.74, 6) is -0.856. The molecule has 0 spiro atoms. The van der Waals surface area contributed by atoms with Crippen LogP contribution in [0.25, 0.3) is 10.9 Å². The predicted molar refractivity (Wildman–Crippen MR) is 81.3 cm³/mol. The van der Waals surface area contributed by atoms with Crippen molar-refractivity contribution in [2.75, 3.05) is 18.5 Å². The molecule has 1 aromatic carbocycles. The van der Waals surface area contributed by atoms with E-state index in [9.17, 15) is 14.5 Å². The first-order valence-corrected chi connectivity index (χ1v) is 7.49. The number of benzene rings is 1. The molecule has 2 heterocycles. The minimum absolute atomic E-state index is 0.0451. The zero-order valence-corrected chi connectivity index (χ0v) is 13.0. The van der Waals surface area contributed by atoms with E-state index in [0.717, 1.165) is 12.8 Å². The van der Waals surface area contributed by atoms with E-state index in [1.165, 1.54) is 12.1 Å². The van der Waals surface area contributed by atoms with Gasteiger partial charge in [-0.05, 0) is 44.9 Å². The fraction of sp³-hybridized carbons (Fsp3) is 0.385. The molecule has 7 nitrogen and oxygen atoms in total. The SMILES string of the molecule is O=[N+]([O-])c1nnc2cc(F)c(Br)cc2c1NC1CCOCC1. The number of ether oxygens (including phenoxy) is 1. The number of fused-ring (bicyclic) bond motifs is 1. The number of rotatable bonds is 3. The second kappa shape index (κ2) is 6.09. The summed E-state index contributed by atoms with van der Waals surface area (Å²) in [6.45, 7) is 1.19. The summed E-state index contributed by atoms with van der Waals surface area (Å²) in [5.41, 5.74) is 0.531. The van der Waals surface area contributed by atoms with E-state index < -0.39 is 10.7 Å². The number of halogens is 2. The largest absolute Gasteiger partial charge is 0.414 e. The van der Waals surface area contributed by atoms with Crippen molar-refractivity contribution in [2.45, 2.75) is 18.9 Å². The number of anilines is 1. The first-order valence-electron chi connectivity index (χ1n) is 6.70. The Labute approximate surface area is 133 Å². The lowest BCUT2D eigenvalue weighted by molar-refractivity contribution is -0.389. The monoisotopic (exact) mass is 370 g/mol. The van der Waals surface area contributed by atoms with Gasteiger partial charge in [-0.25, -0.2) is 4.39 Å². The third kappa shape index (κ3) is 2.86. The Bertz CT molecular complexity index is 737. The van der Waals surface area contributed by atoms with E-state index in [1.54, 1.807) is 0 Å². The molecule has 1 fully saturated rings. The van der Waals surface area contributed by atoms with Crippen molar-refractivity contribution in [3.63, 3.8) is 0 Å². The van der Waals surface area contributed by atoms with Crippen LogP contribution in [0, 0.1) is 15.9 Å². The molecular formula is C13H12BrFN4O3. The van der Waals surface area contributed by atoms with Crippen LogP contribution in [-0.4, -0.2) is 34.4 Å². The number of aromatic nitrogens is 2. The van der Waals surface area contributed by atoms with Crippen LogP contribution in [0.5, 0.6) is 0 Å². The predicted octanol–water partition coefficient (Wildman–Crippen LogP) is 3.03. The molecule has 0 radical (unpaired) electrons. The average molecular weight is 371 g/mol. The Hall–Kier alpha value is -1.87. The van der Waals surface area contributed by atoms with Crippen LogP contribution in [0.4, 0.5) is 15.9 Å². The van der Waals surface area contributed by atoms with E-state index in [1.807, 2.05) is 0 Å². The molecule has 0 bridgehead atoms. The molecular weight excluding hydrogens is 359 g/mol. The molecule has 0 unspecified atom stereocenters. The Morgan fingerprint density at radius 2 is 2.09 bits per heavy atom. The smallest absolute Gasteiger partial charge is 0.381 e. The van der Waals surface area contributed by atoms with Gasteiger partial charge in [0.05, 0.1) is 9.57 Å². The third-order valence-electron chi connectivity index (χ3n) is 3.53. The zero-order chi connectivity index (χ0) is 15.7. The standard InChI is InChI=1S/C13H12BrFN4O3/c14-9-5-8-11(6-10(9)15)17-18-13(19(20)21)12(8)16-7-1-3-22-4-2-7/h5-7H,1-4H2,(H,16,17). The molecule has 3 rings (SSSR count). The number of nitro groups is 1. The van der Waals surface area contributed by atoms with Gasteiger partial charge < -0.3 is 20.2 Å². The topological polar surface area (TPSA) is 90.2 Å². The summed E-state index contributed by atoms with van der Waals surface area (Å²) in [7, 11) is 0. The second-order valence-electron chi connectivity index (χ2n) is 4.97. The van der Waals surface area contributed by atoms with Gasteiger partial charge in [0.25, 0.3) is 0 Å². The van der Waals surface area contributed by atoms with E-state index >= 15 is 0 Å². The normalized spacial score (nSPS) is 15.9. The highest BCUT2D eigenvalue weighted by Crippen LogP contribution is 2.33. The maximum Gasteiger partial charge on any atom is 0.414 e. The molecule has 0 amide bonds. The summed E-state index contributed by atoms with van der Waals surface area (Å²) in [4.78, 5) is 10.6. The van der Waals surface area contributed by atoms with Crippen molar-refractivity contribution < 1.29 is 14.1 Å². The first kappa shape index (κ1) is 15.0. The van der Waals surface area contributed by atoms with Crippen LogP contribution in [0.15, 0.2) is 16.6 Å². The molecule has 1 aromatic heterocycles. The van der Waals surface area contributed by atoms with Gasteiger partial charge in [0.2, 0.25) is 0 Å². The van der Waals surface area contributed by atoms with Gasteiger partial charge in [0.1, 0.15) is 17.0 Å². The summed E-state index contributed by atoms with van der Waals surface area (Å²) >= 11 is 3.10. The van der Waals surface area contributed by atoms with E-state index in [-0.39, 0.29) is 27.5 Å². The minimum atomic E-state index is -0.592. The van der Waals surface area contributed by atoms with Gasteiger partial charge in [0, 0.05) is 30.7 Å². The van der Waals surface area contributed by atoms with Gasteiger partial charge in [-0.3, -0.25) is 0 Å². The van der Waals surface area contributed by atoms with Crippen LogP contribution in [0.1, 0.15) is 12.8 Å². The highest BCUT2D eigenvalue weighted by atomic mass is 79.9. The molecule has 1 aliphatic rings. The fourth-order valence-electron chi connectivity index (χ4n) is 2.41. The summed E-state index contributed by atoms with van der Waals surface area (Å²) in [5, 5.41) is 22.2. The molecule has 9 heteroatoms. The summed E-state index contributed by atoms with van der Waals surface area (Å²) in [6.07, 6.45) is 1.48. The molecule has 116 valence electrons. The second-order valence-corrected chi connectivity index (χ2v) is 5.82. The van der Waals surface area contributed by atoms with Crippen LogP contribution in [-0.2, 0) is 4.74 Å². The molecule has 0 aliphatic carbocycles. The number of hydrogen-bond donors (Lipinski definition) is 1. The van der Waals surface area contributed by atoms with E-state index in [2.05, 4.69) is 31.4 Å². The van der Waals surface area contributed by atoms with Crippen molar-refractivity contribution in [3.05, 3.63) is 32.5 Å². The maximum absolute atomic E-state index is 13.6. The van der Waals surface area contributed by atoms with Gasteiger partial charge in [-0.15, -0.1) is 0 Å². The van der Waals surface area contributed by atoms with Gasteiger partial charge in [0.15, 0.2) is 0 Å². The van der Waals surface area contributed by atoms with Crippen LogP contribution in [0.2, 0.25) is 0 Å². The van der Waals surface area contributed by atoms with Crippen molar-refractivity contribution in [1.29, 1.82) is 0 Å². The van der Waals surface area contributed by atoms with Crippen molar-refractivity contribution in [2.24, 2.45) is 0 Å². The lowest BCUT2D eigenvalue weighted by Gasteiger charge is -2.24. The quantitative estimate of drug-likeness (QED) is 0.659. The molecule has 0 atom stereocenters. The molecule has 1 aliphatic heterocycles. The Balaban J connectivity index is 2.11. The fourth-order valence-corrected chi connectivity index (χ4v) is 2.75. The molecule has 1 saturated heterocycles. The van der Waals surface area contributed by atoms with Gasteiger partial charge in [-0.2, -0.15) is 0 Å². The summed E-state index contributed by atoms with van der Waals surface area (Å²) < 4.78 is 19.1. The van der Waals surface area contributed by atoms with Gasteiger partial charge >= 0.3 is 5.82 Å². The number of hydrogen-bond acceptors (Lipinski definition) is 6. The highest BCUT2D eigenvalue weighted by molar-refractivity contribution is 9.10. The van der Waals surface area contributed by atoms with E-state index in [4.69, 9.17) is 4.74 Å². The highest BCUT2D eigenvalue weighted by Gasteiger charge is 2.25. The van der Waals surface area contributed by atoms with Crippen LogP contribution < -0.4 is 5.32 Å². The Morgan fingerprint density at radius 1 is 1.36 bits per heavy atom. The van der Waals surface area contributed by atoms with E-state index in [0.29, 0.717) is 18.6 Å². The first-order chi connectivity index (χ1) is 10.6. The number of nitrogens with zero attached hydrogens (tertiary/aromatic N) is 3. The minimum Gasteiger partial charge on any atom is -0.381 e. The van der Waals surface area contributed by atoms with Gasteiger partial charge in [-0.1, -0.05) is 0 Å². The molecule has 2 aromatic rings. The molecule has 22 heavy (non-hydrogen) atoms. The molecule has 1 N–H and O–H groups in total. The maximum atomic E-state index is 13.6. The number of nitrogens with one attached hydrogen (secondary N) is 1. The van der Waals surface area contributed by atoms with Crippen molar-refractivity contribution in [3.8, 4) is 0 Å².